The Balaban J connectivity index is 1.87. The maximum absolute atomic E-state index is 12.0. The van der Waals surface area contributed by atoms with Gasteiger partial charge in [-0.15, -0.1) is 0 Å². The Kier molecular flexibility index (Phi) is 2.72. The van der Waals surface area contributed by atoms with Gasteiger partial charge in [-0.25, -0.2) is 0 Å². The number of amides is 1. The molecule has 5 heteroatoms. The fourth-order valence-electron chi connectivity index (χ4n) is 1.88. The number of rotatable bonds is 2. The molecule has 19 heavy (non-hydrogen) atoms. The van der Waals surface area contributed by atoms with Gasteiger partial charge >= 0.3 is 0 Å². The number of para-hydroxylation sites is 1. The highest BCUT2D eigenvalue weighted by Gasteiger charge is 2.08. The van der Waals surface area contributed by atoms with Crippen LogP contribution >= 0.6 is 0 Å². The van der Waals surface area contributed by atoms with E-state index in [1.54, 1.807) is 24.1 Å². The van der Waals surface area contributed by atoms with Gasteiger partial charge in [0.25, 0.3) is 5.91 Å². The number of fused-ring (bicyclic) bond motifs is 1. The summed E-state index contributed by atoms with van der Waals surface area (Å²) in [6.07, 6.45) is 4.85. The van der Waals surface area contributed by atoms with Crippen LogP contribution in [0.1, 0.15) is 10.4 Å². The van der Waals surface area contributed by atoms with E-state index >= 15 is 0 Å². The molecule has 1 N–H and O–H groups in total. The summed E-state index contributed by atoms with van der Waals surface area (Å²) < 4.78 is 1.59. The van der Waals surface area contributed by atoms with E-state index in [0.29, 0.717) is 11.3 Å². The normalized spacial score (nSPS) is 10.6. The Labute approximate surface area is 109 Å². The zero-order valence-corrected chi connectivity index (χ0v) is 10.4. The average Bonchev–Trinajstić information content (AvgIpc) is 2.85. The summed E-state index contributed by atoms with van der Waals surface area (Å²) in [7, 11) is 1.77. The molecular formula is C14H12N4O. The van der Waals surface area contributed by atoms with Crippen LogP contribution in [0.25, 0.3) is 10.9 Å². The molecule has 1 aromatic carbocycles. The van der Waals surface area contributed by atoms with E-state index in [9.17, 15) is 4.79 Å². The molecule has 0 unspecified atom stereocenters. The van der Waals surface area contributed by atoms with Crippen LogP contribution in [-0.2, 0) is 7.05 Å². The molecule has 2 heterocycles. The zero-order chi connectivity index (χ0) is 13.2. The summed E-state index contributed by atoms with van der Waals surface area (Å²) in [4.78, 5) is 16.3. The van der Waals surface area contributed by atoms with Crippen molar-refractivity contribution in [3.63, 3.8) is 0 Å². The summed E-state index contributed by atoms with van der Waals surface area (Å²) in [5, 5.41) is 7.77. The minimum Gasteiger partial charge on any atom is -0.320 e. The number of aryl methyl sites for hydroxylation is 1. The van der Waals surface area contributed by atoms with E-state index in [1.807, 2.05) is 30.3 Å². The van der Waals surface area contributed by atoms with Gasteiger partial charge in [-0.05, 0) is 12.1 Å². The number of aromatic nitrogens is 3. The van der Waals surface area contributed by atoms with Gasteiger partial charge in [-0.3, -0.25) is 14.5 Å². The number of benzene rings is 1. The molecule has 0 aliphatic rings. The van der Waals surface area contributed by atoms with Crippen LogP contribution in [0.2, 0.25) is 0 Å². The van der Waals surface area contributed by atoms with Gasteiger partial charge in [0.05, 0.1) is 29.2 Å². The molecule has 1 amide bonds. The first-order valence-electron chi connectivity index (χ1n) is 5.87. The SMILES string of the molecule is Cn1cc(C(=O)Nc2cnc3ccccc3c2)cn1. The lowest BCUT2D eigenvalue weighted by Gasteiger charge is -2.04. The first-order valence-corrected chi connectivity index (χ1v) is 5.87. The first kappa shape index (κ1) is 11.4. The molecular weight excluding hydrogens is 240 g/mol. The lowest BCUT2D eigenvalue weighted by Crippen LogP contribution is -2.11. The second-order valence-corrected chi connectivity index (χ2v) is 4.27. The van der Waals surface area contributed by atoms with Gasteiger partial charge in [-0.1, -0.05) is 18.2 Å². The maximum Gasteiger partial charge on any atom is 0.258 e. The molecule has 0 saturated heterocycles. The summed E-state index contributed by atoms with van der Waals surface area (Å²) >= 11 is 0. The van der Waals surface area contributed by atoms with Crippen molar-refractivity contribution in [1.29, 1.82) is 0 Å². The van der Waals surface area contributed by atoms with E-state index in [0.717, 1.165) is 10.9 Å². The van der Waals surface area contributed by atoms with Crippen LogP contribution in [-0.4, -0.2) is 20.7 Å². The van der Waals surface area contributed by atoms with Crippen LogP contribution in [0.15, 0.2) is 48.9 Å². The highest BCUT2D eigenvalue weighted by Crippen LogP contribution is 2.16. The molecule has 5 nitrogen and oxygen atoms in total. The lowest BCUT2D eigenvalue weighted by molar-refractivity contribution is 0.102. The van der Waals surface area contributed by atoms with Crippen molar-refractivity contribution in [1.82, 2.24) is 14.8 Å². The molecule has 0 aliphatic heterocycles. The monoisotopic (exact) mass is 252 g/mol. The average molecular weight is 252 g/mol. The van der Waals surface area contributed by atoms with Gasteiger partial charge in [0.1, 0.15) is 0 Å². The Hall–Kier alpha value is -2.69. The van der Waals surface area contributed by atoms with Crippen LogP contribution in [0.4, 0.5) is 5.69 Å². The second kappa shape index (κ2) is 4.53. The topological polar surface area (TPSA) is 59.8 Å². The molecule has 2 aromatic heterocycles. The van der Waals surface area contributed by atoms with Crippen molar-refractivity contribution in [2.24, 2.45) is 7.05 Å². The summed E-state index contributed by atoms with van der Waals surface area (Å²) in [6, 6.07) is 9.67. The van der Waals surface area contributed by atoms with E-state index in [-0.39, 0.29) is 5.91 Å². The summed E-state index contributed by atoms with van der Waals surface area (Å²) in [5.74, 6) is -0.190. The zero-order valence-electron chi connectivity index (χ0n) is 10.4. The fraction of sp³-hybridized carbons (Fsp3) is 0.0714. The quantitative estimate of drug-likeness (QED) is 0.760. The number of carbonyl (C=O) groups is 1. The highest BCUT2D eigenvalue weighted by atomic mass is 16.1. The number of anilines is 1. The van der Waals surface area contributed by atoms with Crippen LogP contribution in [0.3, 0.4) is 0 Å². The molecule has 0 radical (unpaired) electrons. The molecule has 0 spiro atoms. The number of pyridine rings is 1. The number of hydrogen-bond donors (Lipinski definition) is 1. The number of nitrogens with one attached hydrogen (secondary N) is 1. The third-order valence-corrected chi connectivity index (χ3v) is 2.82. The lowest BCUT2D eigenvalue weighted by atomic mass is 10.2. The molecule has 0 fully saturated rings. The smallest absolute Gasteiger partial charge is 0.258 e. The summed E-state index contributed by atoms with van der Waals surface area (Å²) in [6.45, 7) is 0. The third kappa shape index (κ3) is 2.30. The second-order valence-electron chi connectivity index (χ2n) is 4.27. The van der Waals surface area contributed by atoms with Gasteiger partial charge in [-0.2, -0.15) is 5.10 Å². The standard InChI is InChI=1S/C14H12N4O/c1-18-9-11(7-16-18)14(19)17-12-6-10-4-2-3-5-13(10)15-8-12/h2-9H,1H3,(H,17,19). The maximum atomic E-state index is 12.0. The van der Waals surface area contributed by atoms with Crippen molar-refractivity contribution in [2.75, 3.05) is 5.32 Å². The van der Waals surface area contributed by atoms with Gasteiger partial charge in [0, 0.05) is 18.6 Å². The Morgan fingerprint density at radius 2 is 2.11 bits per heavy atom. The largest absolute Gasteiger partial charge is 0.320 e. The first-order chi connectivity index (χ1) is 9.22. The predicted octanol–water partition coefficient (Wildman–Crippen LogP) is 2.22. The Morgan fingerprint density at radius 1 is 1.26 bits per heavy atom. The van der Waals surface area contributed by atoms with E-state index in [1.165, 1.54) is 6.20 Å². The predicted molar refractivity (Wildman–Crippen MR) is 72.9 cm³/mol. The Morgan fingerprint density at radius 3 is 2.89 bits per heavy atom. The fourth-order valence-corrected chi connectivity index (χ4v) is 1.88. The van der Waals surface area contributed by atoms with Crippen molar-refractivity contribution < 1.29 is 4.79 Å². The molecule has 3 aromatic rings. The van der Waals surface area contributed by atoms with Gasteiger partial charge in [0.2, 0.25) is 0 Å². The van der Waals surface area contributed by atoms with Crippen molar-refractivity contribution >= 4 is 22.5 Å². The highest BCUT2D eigenvalue weighted by molar-refractivity contribution is 6.04. The van der Waals surface area contributed by atoms with E-state index in [2.05, 4.69) is 15.4 Å². The number of carbonyl (C=O) groups excluding carboxylic acids is 1. The van der Waals surface area contributed by atoms with Gasteiger partial charge < -0.3 is 5.32 Å². The number of nitrogens with zero attached hydrogens (tertiary/aromatic N) is 3. The van der Waals surface area contributed by atoms with Crippen molar-refractivity contribution in [3.05, 3.63) is 54.5 Å². The Bertz CT molecular complexity index is 748. The van der Waals surface area contributed by atoms with E-state index in [4.69, 9.17) is 0 Å². The molecule has 0 atom stereocenters. The van der Waals surface area contributed by atoms with Crippen molar-refractivity contribution in [3.8, 4) is 0 Å². The minimum absolute atomic E-state index is 0.190. The molecule has 3 rings (SSSR count). The summed E-state index contributed by atoms with van der Waals surface area (Å²) in [5.41, 5.74) is 2.10. The van der Waals surface area contributed by atoms with Crippen LogP contribution in [0, 0.1) is 0 Å². The van der Waals surface area contributed by atoms with Crippen LogP contribution in [0.5, 0.6) is 0 Å². The van der Waals surface area contributed by atoms with Crippen molar-refractivity contribution in [2.45, 2.75) is 0 Å². The van der Waals surface area contributed by atoms with E-state index < -0.39 is 0 Å². The minimum atomic E-state index is -0.190. The molecule has 0 saturated carbocycles. The third-order valence-electron chi connectivity index (χ3n) is 2.82. The molecule has 0 aliphatic carbocycles. The number of hydrogen-bond acceptors (Lipinski definition) is 3. The van der Waals surface area contributed by atoms with Crippen LogP contribution < -0.4 is 5.32 Å². The molecule has 0 bridgehead atoms. The van der Waals surface area contributed by atoms with Gasteiger partial charge in [0.15, 0.2) is 0 Å². The molecule has 94 valence electrons.